The summed E-state index contributed by atoms with van der Waals surface area (Å²) in [6.07, 6.45) is 3.82. The van der Waals surface area contributed by atoms with Crippen LogP contribution in [0.25, 0.3) is 0 Å². The minimum atomic E-state index is 0. The van der Waals surface area contributed by atoms with Crippen molar-refractivity contribution in [1.82, 2.24) is 10.2 Å². The van der Waals surface area contributed by atoms with Gasteiger partial charge in [-0.05, 0) is 24.0 Å². The molecule has 2 aromatic rings. The fraction of sp³-hybridized carbons (Fsp3) is 0.455. The standard InChI is InChI=1S/C22H28N2O2.2ClH/c25-22-15-19(26-16-18-4-2-1-3-5-18)8-9-20(22)21(14-17-6-7-17)24-12-10-23-11-13-24;;/h1-5,8-9,15,17,21,23,25H,6-7,10-14,16H2;2*1H/t21-;;/m1../s1. The van der Waals surface area contributed by atoms with E-state index in [1.54, 1.807) is 6.07 Å². The lowest BCUT2D eigenvalue weighted by Gasteiger charge is -2.35. The molecule has 1 aliphatic carbocycles. The van der Waals surface area contributed by atoms with E-state index in [0.29, 0.717) is 18.4 Å². The fourth-order valence-corrected chi connectivity index (χ4v) is 3.77. The zero-order valence-electron chi connectivity index (χ0n) is 16.0. The zero-order valence-corrected chi connectivity index (χ0v) is 17.7. The molecule has 28 heavy (non-hydrogen) atoms. The molecule has 154 valence electrons. The number of phenolic OH excluding ortho intramolecular Hbond substituents is 1. The predicted molar refractivity (Wildman–Crippen MR) is 118 cm³/mol. The smallest absolute Gasteiger partial charge is 0.124 e. The maximum absolute atomic E-state index is 10.7. The summed E-state index contributed by atoms with van der Waals surface area (Å²) >= 11 is 0. The lowest BCUT2D eigenvalue weighted by molar-refractivity contribution is 0.158. The Labute approximate surface area is 180 Å². The fourth-order valence-electron chi connectivity index (χ4n) is 3.77. The van der Waals surface area contributed by atoms with E-state index >= 15 is 0 Å². The summed E-state index contributed by atoms with van der Waals surface area (Å²) < 4.78 is 5.86. The van der Waals surface area contributed by atoms with Crippen LogP contribution in [0.4, 0.5) is 0 Å². The molecule has 1 saturated carbocycles. The average molecular weight is 425 g/mol. The molecule has 0 aromatic heterocycles. The molecule has 0 amide bonds. The summed E-state index contributed by atoms with van der Waals surface area (Å²) in [6.45, 7) is 4.66. The number of ether oxygens (including phenoxy) is 1. The van der Waals surface area contributed by atoms with Gasteiger partial charge in [0, 0.05) is 43.9 Å². The number of nitrogens with one attached hydrogen (secondary N) is 1. The summed E-state index contributed by atoms with van der Waals surface area (Å²) in [5.74, 6) is 1.91. The molecule has 0 radical (unpaired) electrons. The van der Waals surface area contributed by atoms with Crippen LogP contribution in [0.1, 0.15) is 36.4 Å². The third-order valence-electron chi connectivity index (χ3n) is 5.46. The largest absolute Gasteiger partial charge is 0.507 e. The monoisotopic (exact) mass is 424 g/mol. The van der Waals surface area contributed by atoms with Crippen LogP contribution >= 0.6 is 24.8 Å². The van der Waals surface area contributed by atoms with Crippen LogP contribution in [-0.4, -0.2) is 36.2 Å². The van der Waals surface area contributed by atoms with Crippen molar-refractivity contribution in [3.05, 3.63) is 59.7 Å². The molecule has 2 fully saturated rings. The molecule has 0 bridgehead atoms. The van der Waals surface area contributed by atoms with Gasteiger partial charge < -0.3 is 15.2 Å². The highest BCUT2D eigenvalue weighted by Gasteiger charge is 2.31. The van der Waals surface area contributed by atoms with Gasteiger partial charge in [0.2, 0.25) is 0 Å². The van der Waals surface area contributed by atoms with Crippen molar-refractivity contribution in [3.63, 3.8) is 0 Å². The third-order valence-corrected chi connectivity index (χ3v) is 5.46. The van der Waals surface area contributed by atoms with Crippen molar-refractivity contribution in [2.75, 3.05) is 26.2 Å². The van der Waals surface area contributed by atoms with Crippen molar-refractivity contribution >= 4 is 24.8 Å². The SMILES string of the molecule is Cl.Cl.Oc1cc(OCc2ccccc2)ccc1[C@@H](CC1CC1)N1CCNCC1. The lowest BCUT2D eigenvalue weighted by atomic mass is 9.97. The second-order valence-electron chi connectivity index (χ2n) is 7.48. The Morgan fingerprint density at radius 3 is 2.39 bits per heavy atom. The molecule has 1 atom stereocenters. The Morgan fingerprint density at radius 2 is 1.75 bits per heavy atom. The highest BCUT2D eigenvalue weighted by molar-refractivity contribution is 5.85. The van der Waals surface area contributed by atoms with Gasteiger partial charge in [-0.25, -0.2) is 0 Å². The van der Waals surface area contributed by atoms with Crippen LogP contribution in [-0.2, 0) is 6.61 Å². The summed E-state index contributed by atoms with van der Waals surface area (Å²) in [6, 6.07) is 16.3. The minimum Gasteiger partial charge on any atom is -0.507 e. The molecule has 0 unspecified atom stereocenters. The Hall–Kier alpha value is -1.46. The zero-order chi connectivity index (χ0) is 17.8. The number of benzene rings is 2. The molecule has 4 nitrogen and oxygen atoms in total. The van der Waals surface area contributed by atoms with E-state index in [-0.39, 0.29) is 24.8 Å². The normalized spacial score (nSPS) is 17.9. The summed E-state index contributed by atoms with van der Waals surface area (Å²) in [5.41, 5.74) is 2.18. The number of aromatic hydroxyl groups is 1. The van der Waals surface area contributed by atoms with Crippen molar-refractivity contribution in [2.24, 2.45) is 5.92 Å². The molecule has 6 heteroatoms. The third kappa shape index (κ3) is 6.02. The number of halogens is 2. The minimum absolute atomic E-state index is 0. The molecule has 2 N–H and O–H groups in total. The molecule has 1 aliphatic heterocycles. The molecule has 2 aromatic carbocycles. The van der Waals surface area contributed by atoms with Crippen LogP contribution < -0.4 is 10.1 Å². The summed E-state index contributed by atoms with van der Waals surface area (Å²) in [7, 11) is 0. The van der Waals surface area contributed by atoms with E-state index in [9.17, 15) is 5.11 Å². The van der Waals surface area contributed by atoms with Gasteiger partial charge >= 0.3 is 0 Å². The highest BCUT2D eigenvalue weighted by atomic mass is 35.5. The Balaban J connectivity index is 0.00000140. The highest BCUT2D eigenvalue weighted by Crippen LogP contribution is 2.42. The first-order valence-electron chi connectivity index (χ1n) is 9.74. The second kappa shape index (κ2) is 10.9. The van der Waals surface area contributed by atoms with Crippen LogP contribution in [0.3, 0.4) is 0 Å². The summed E-state index contributed by atoms with van der Waals surface area (Å²) in [5, 5.41) is 14.1. The van der Waals surface area contributed by atoms with Crippen molar-refractivity contribution in [3.8, 4) is 11.5 Å². The van der Waals surface area contributed by atoms with Gasteiger partial charge in [-0.3, -0.25) is 4.90 Å². The number of piperazine rings is 1. The van der Waals surface area contributed by atoms with Gasteiger partial charge in [0.05, 0.1) is 0 Å². The number of hydrogen-bond donors (Lipinski definition) is 2. The predicted octanol–water partition coefficient (Wildman–Crippen LogP) is 4.56. The van der Waals surface area contributed by atoms with Gasteiger partial charge in [-0.15, -0.1) is 24.8 Å². The Kier molecular flexibility index (Phi) is 8.90. The van der Waals surface area contributed by atoms with Crippen molar-refractivity contribution in [2.45, 2.75) is 31.9 Å². The van der Waals surface area contributed by atoms with Crippen molar-refractivity contribution in [1.29, 1.82) is 0 Å². The number of hydrogen-bond acceptors (Lipinski definition) is 4. The molecule has 2 aliphatic rings. The van der Waals surface area contributed by atoms with Gasteiger partial charge in [-0.2, -0.15) is 0 Å². The van der Waals surface area contributed by atoms with Gasteiger partial charge in [0.1, 0.15) is 18.1 Å². The first-order valence-corrected chi connectivity index (χ1v) is 9.74. The number of rotatable bonds is 7. The van der Waals surface area contributed by atoms with E-state index in [1.807, 2.05) is 36.4 Å². The second-order valence-corrected chi connectivity index (χ2v) is 7.48. The number of phenols is 1. The number of nitrogens with zero attached hydrogens (tertiary/aromatic N) is 1. The maximum Gasteiger partial charge on any atom is 0.124 e. The van der Waals surface area contributed by atoms with Gasteiger partial charge in [-0.1, -0.05) is 49.2 Å². The van der Waals surface area contributed by atoms with Crippen LogP contribution in [0.5, 0.6) is 11.5 Å². The molecule has 1 heterocycles. The molecular formula is C22H30Cl2N2O2. The van der Waals surface area contributed by atoms with Crippen molar-refractivity contribution < 1.29 is 9.84 Å². The van der Waals surface area contributed by atoms with E-state index in [1.165, 1.54) is 12.8 Å². The summed E-state index contributed by atoms with van der Waals surface area (Å²) in [4.78, 5) is 2.52. The van der Waals surface area contributed by atoms with E-state index in [0.717, 1.165) is 55.4 Å². The Morgan fingerprint density at radius 1 is 1.04 bits per heavy atom. The Bertz CT molecular complexity index is 720. The molecule has 0 spiro atoms. The topological polar surface area (TPSA) is 44.7 Å². The first-order chi connectivity index (χ1) is 12.8. The lowest BCUT2D eigenvalue weighted by Crippen LogP contribution is -2.45. The quantitative estimate of drug-likeness (QED) is 0.683. The van der Waals surface area contributed by atoms with Crippen LogP contribution in [0.2, 0.25) is 0 Å². The van der Waals surface area contributed by atoms with Crippen LogP contribution in [0.15, 0.2) is 48.5 Å². The van der Waals surface area contributed by atoms with Crippen LogP contribution in [0, 0.1) is 5.92 Å². The van der Waals surface area contributed by atoms with E-state index in [4.69, 9.17) is 4.74 Å². The first kappa shape index (κ1) is 22.8. The van der Waals surface area contributed by atoms with E-state index in [2.05, 4.69) is 16.3 Å². The molecular weight excluding hydrogens is 395 g/mol. The van der Waals surface area contributed by atoms with Gasteiger partial charge in [0.15, 0.2) is 0 Å². The van der Waals surface area contributed by atoms with Gasteiger partial charge in [0.25, 0.3) is 0 Å². The molecule has 1 saturated heterocycles. The molecule has 4 rings (SSSR count). The average Bonchev–Trinajstić information content (AvgIpc) is 3.51. The van der Waals surface area contributed by atoms with E-state index < -0.39 is 0 Å². The maximum atomic E-state index is 10.7.